The van der Waals surface area contributed by atoms with Crippen LogP contribution in [0.3, 0.4) is 0 Å². The van der Waals surface area contributed by atoms with Gasteiger partial charge in [-0.3, -0.25) is 10.1 Å². The molecule has 1 heterocycles. The first-order chi connectivity index (χ1) is 8.63. The molecule has 0 unspecified atom stereocenters. The van der Waals surface area contributed by atoms with Crippen LogP contribution in [0.5, 0.6) is 0 Å². The zero-order chi connectivity index (χ0) is 13.0. The summed E-state index contributed by atoms with van der Waals surface area (Å²) in [4.78, 5) is 21.5. The third kappa shape index (κ3) is 4.49. The number of thioether (sulfide) groups is 1. The topological polar surface area (TPSA) is 110 Å². The number of carbonyl (C=O) groups excluding carboxylic acids is 2. The fourth-order valence-electron chi connectivity index (χ4n) is 1.16. The first kappa shape index (κ1) is 13.1. The number of nitrogens with two attached hydrogens (primary N) is 1. The van der Waals surface area contributed by atoms with E-state index >= 15 is 0 Å². The van der Waals surface area contributed by atoms with E-state index in [2.05, 4.69) is 15.5 Å². The van der Waals surface area contributed by atoms with Crippen LogP contribution in [0.1, 0.15) is 19.3 Å². The van der Waals surface area contributed by atoms with Gasteiger partial charge in [-0.25, -0.2) is 4.79 Å². The van der Waals surface area contributed by atoms with Crippen molar-refractivity contribution >= 4 is 40.2 Å². The molecule has 1 aliphatic carbocycles. The summed E-state index contributed by atoms with van der Waals surface area (Å²) in [6, 6.07) is -0.269. The van der Waals surface area contributed by atoms with Crippen molar-refractivity contribution in [2.75, 3.05) is 11.1 Å². The number of urea groups is 1. The van der Waals surface area contributed by atoms with Crippen LogP contribution in [0, 0.1) is 0 Å². The predicted octanol–water partition coefficient (Wildman–Crippen LogP) is 0.789. The number of hydrogen-bond donors (Lipinski definition) is 3. The highest BCUT2D eigenvalue weighted by Gasteiger charge is 2.22. The molecule has 98 valence electrons. The highest BCUT2D eigenvalue weighted by Crippen LogP contribution is 2.30. The molecule has 2 rings (SSSR count). The number of aromatic nitrogens is 2. The van der Waals surface area contributed by atoms with Crippen LogP contribution in [-0.2, 0) is 4.79 Å². The number of nitrogens with one attached hydrogen (secondary N) is 2. The second-order valence-corrected chi connectivity index (χ2v) is 6.12. The molecular formula is C9H13N5O2S2. The Labute approximate surface area is 112 Å². The van der Waals surface area contributed by atoms with E-state index in [1.165, 1.54) is 35.9 Å². The molecule has 0 bridgehead atoms. The zero-order valence-electron chi connectivity index (χ0n) is 9.51. The Morgan fingerprint density at radius 1 is 1.44 bits per heavy atom. The van der Waals surface area contributed by atoms with Crippen molar-refractivity contribution in [3.05, 3.63) is 0 Å². The molecule has 1 saturated carbocycles. The fraction of sp³-hybridized carbons (Fsp3) is 0.556. The SMILES string of the molecule is NC(=O)NC(=O)CCSc1nnc(NC2CC2)s1. The molecule has 0 aliphatic heterocycles. The van der Waals surface area contributed by atoms with E-state index in [0.29, 0.717) is 11.8 Å². The number of primary amides is 1. The van der Waals surface area contributed by atoms with Crippen LogP contribution in [0.4, 0.5) is 9.93 Å². The Hall–Kier alpha value is -1.35. The number of imide groups is 1. The summed E-state index contributed by atoms with van der Waals surface area (Å²) in [7, 11) is 0. The van der Waals surface area contributed by atoms with Gasteiger partial charge in [0.25, 0.3) is 0 Å². The smallest absolute Gasteiger partial charge is 0.318 e. The lowest BCUT2D eigenvalue weighted by molar-refractivity contribution is -0.119. The molecule has 18 heavy (non-hydrogen) atoms. The van der Waals surface area contributed by atoms with Crippen molar-refractivity contribution in [1.29, 1.82) is 0 Å². The largest absolute Gasteiger partial charge is 0.357 e. The monoisotopic (exact) mass is 287 g/mol. The number of nitrogens with zero attached hydrogens (tertiary/aromatic N) is 2. The van der Waals surface area contributed by atoms with Crippen LogP contribution < -0.4 is 16.4 Å². The van der Waals surface area contributed by atoms with E-state index in [0.717, 1.165) is 9.47 Å². The van der Waals surface area contributed by atoms with Crippen molar-refractivity contribution < 1.29 is 9.59 Å². The van der Waals surface area contributed by atoms with Gasteiger partial charge in [0, 0.05) is 18.2 Å². The lowest BCUT2D eigenvalue weighted by Crippen LogP contribution is -2.35. The lowest BCUT2D eigenvalue weighted by Gasteiger charge is -1.98. The molecule has 9 heteroatoms. The minimum atomic E-state index is -0.822. The average molecular weight is 287 g/mol. The maximum atomic E-state index is 11.1. The summed E-state index contributed by atoms with van der Waals surface area (Å²) in [6.07, 6.45) is 2.60. The number of rotatable bonds is 6. The summed E-state index contributed by atoms with van der Waals surface area (Å²) in [5, 5.41) is 14.1. The van der Waals surface area contributed by atoms with E-state index in [1.807, 2.05) is 5.32 Å². The molecular weight excluding hydrogens is 274 g/mol. The maximum absolute atomic E-state index is 11.1. The molecule has 0 atom stereocenters. The standard InChI is InChI=1S/C9H13N5O2S2/c10-7(16)12-6(15)3-4-17-9-14-13-8(18-9)11-5-1-2-5/h5H,1-4H2,(H,11,13)(H3,10,12,15,16). The molecule has 1 aliphatic rings. The molecule has 3 amide bonds. The number of carbonyl (C=O) groups is 2. The Morgan fingerprint density at radius 3 is 2.89 bits per heavy atom. The van der Waals surface area contributed by atoms with E-state index in [9.17, 15) is 9.59 Å². The van der Waals surface area contributed by atoms with Crippen LogP contribution in [0.15, 0.2) is 4.34 Å². The summed E-state index contributed by atoms with van der Waals surface area (Å²) >= 11 is 2.91. The average Bonchev–Trinajstić information content (AvgIpc) is 2.97. The summed E-state index contributed by atoms with van der Waals surface area (Å²) in [5.74, 6) is 0.160. The molecule has 1 aromatic heterocycles. The van der Waals surface area contributed by atoms with Crippen LogP contribution in [0.2, 0.25) is 0 Å². The van der Waals surface area contributed by atoms with Gasteiger partial charge in [-0.1, -0.05) is 23.1 Å². The number of hydrogen-bond acceptors (Lipinski definition) is 7. The Balaban J connectivity index is 1.67. The molecule has 7 nitrogen and oxygen atoms in total. The van der Waals surface area contributed by atoms with E-state index in [1.54, 1.807) is 0 Å². The first-order valence-electron chi connectivity index (χ1n) is 5.45. The minimum absolute atomic E-state index is 0.221. The van der Waals surface area contributed by atoms with Gasteiger partial charge in [0.15, 0.2) is 4.34 Å². The zero-order valence-corrected chi connectivity index (χ0v) is 11.1. The molecule has 0 spiro atoms. The Morgan fingerprint density at radius 2 is 2.22 bits per heavy atom. The third-order valence-electron chi connectivity index (χ3n) is 2.13. The molecule has 0 radical (unpaired) electrons. The number of amides is 3. The second-order valence-electron chi connectivity index (χ2n) is 3.80. The summed E-state index contributed by atoms with van der Waals surface area (Å²) < 4.78 is 0.810. The Kier molecular flexibility index (Phi) is 4.37. The highest BCUT2D eigenvalue weighted by molar-refractivity contribution is 8.01. The molecule has 0 saturated heterocycles. The van der Waals surface area contributed by atoms with Gasteiger partial charge in [-0.15, -0.1) is 10.2 Å². The van der Waals surface area contributed by atoms with Gasteiger partial charge in [0.05, 0.1) is 0 Å². The second kappa shape index (κ2) is 6.01. The summed E-state index contributed by atoms with van der Waals surface area (Å²) in [5.41, 5.74) is 4.83. The van der Waals surface area contributed by atoms with Crippen molar-refractivity contribution in [3.8, 4) is 0 Å². The highest BCUT2D eigenvalue weighted by atomic mass is 32.2. The van der Waals surface area contributed by atoms with E-state index in [-0.39, 0.29) is 12.3 Å². The van der Waals surface area contributed by atoms with Gasteiger partial charge in [0.1, 0.15) is 0 Å². The van der Waals surface area contributed by atoms with Crippen molar-refractivity contribution in [1.82, 2.24) is 15.5 Å². The molecule has 0 aromatic carbocycles. The number of anilines is 1. The predicted molar refractivity (Wildman–Crippen MR) is 69.6 cm³/mol. The van der Waals surface area contributed by atoms with Gasteiger partial charge in [-0.05, 0) is 12.8 Å². The van der Waals surface area contributed by atoms with Crippen molar-refractivity contribution in [2.24, 2.45) is 5.73 Å². The molecule has 1 fully saturated rings. The van der Waals surface area contributed by atoms with Crippen molar-refractivity contribution in [3.63, 3.8) is 0 Å². The van der Waals surface area contributed by atoms with Gasteiger partial charge >= 0.3 is 6.03 Å². The quantitative estimate of drug-likeness (QED) is 0.667. The molecule has 4 N–H and O–H groups in total. The van der Waals surface area contributed by atoms with E-state index < -0.39 is 6.03 Å². The van der Waals surface area contributed by atoms with E-state index in [4.69, 9.17) is 5.73 Å². The first-order valence-corrected chi connectivity index (χ1v) is 7.26. The fourth-order valence-corrected chi connectivity index (χ4v) is 3.00. The minimum Gasteiger partial charge on any atom is -0.357 e. The van der Waals surface area contributed by atoms with Gasteiger partial charge < -0.3 is 11.1 Å². The summed E-state index contributed by atoms with van der Waals surface area (Å²) in [6.45, 7) is 0. The van der Waals surface area contributed by atoms with Gasteiger partial charge in [0.2, 0.25) is 11.0 Å². The van der Waals surface area contributed by atoms with Crippen LogP contribution in [0.25, 0.3) is 0 Å². The maximum Gasteiger partial charge on any atom is 0.318 e. The normalized spacial score (nSPS) is 14.2. The Bertz CT molecular complexity index is 446. The molecule has 1 aromatic rings. The van der Waals surface area contributed by atoms with Crippen LogP contribution >= 0.6 is 23.1 Å². The van der Waals surface area contributed by atoms with Crippen LogP contribution in [-0.4, -0.2) is 33.9 Å². The van der Waals surface area contributed by atoms with Crippen molar-refractivity contribution in [2.45, 2.75) is 29.6 Å². The lowest BCUT2D eigenvalue weighted by atomic mass is 10.4. The third-order valence-corrected chi connectivity index (χ3v) is 4.12. The van der Waals surface area contributed by atoms with Gasteiger partial charge in [-0.2, -0.15) is 0 Å².